The second kappa shape index (κ2) is 6.74. The maximum atomic E-state index is 13.5. The van der Waals surface area contributed by atoms with Crippen molar-refractivity contribution in [2.24, 2.45) is 0 Å². The van der Waals surface area contributed by atoms with E-state index in [-0.39, 0.29) is 23.8 Å². The van der Waals surface area contributed by atoms with Crippen LogP contribution in [-0.2, 0) is 17.6 Å². The predicted molar refractivity (Wildman–Crippen MR) is 93.6 cm³/mol. The molecule has 25 heavy (non-hydrogen) atoms. The molecule has 3 rings (SSSR count). The van der Waals surface area contributed by atoms with Gasteiger partial charge in [0.25, 0.3) is 0 Å². The highest BCUT2D eigenvalue weighted by molar-refractivity contribution is 5.81. The number of aromatic nitrogens is 3. The van der Waals surface area contributed by atoms with Crippen molar-refractivity contribution in [1.29, 1.82) is 0 Å². The smallest absolute Gasteiger partial charge is 0.239 e. The molecule has 0 fully saturated rings. The standard InChI is InChI=1S/C18H22FN5O/c1-18(2,3)24-15(25)10-21-16-12-5-4-6-13(12)22-17(23-16)14-9-11(19)7-8-20-14/h7-9H,4-6,10H2,1-3H3,(H,24,25)(H,21,22,23). The highest BCUT2D eigenvalue weighted by Crippen LogP contribution is 2.28. The Bertz CT molecular complexity index is 801. The van der Waals surface area contributed by atoms with Crippen LogP contribution in [0.5, 0.6) is 0 Å². The number of carbonyl (C=O) groups is 1. The van der Waals surface area contributed by atoms with E-state index >= 15 is 0 Å². The van der Waals surface area contributed by atoms with Gasteiger partial charge in [0.2, 0.25) is 5.91 Å². The molecule has 0 aliphatic heterocycles. The molecule has 0 atom stereocenters. The van der Waals surface area contributed by atoms with Gasteiger partial charge in [-0.25, -0.2) is 14.4 Å². The number of hydrogen-bond donors (Lipinski definition) is 2. The van der Waals surface area contributed by atoms with E-state index in [1.807, 2.05) is 20.8 Å². The van der Waals surface area contributed by atoms with E-state index in [0.717, 1.165) is 30.5 Å². The van der Waals surface area contributed by atoms with Crippen LogP contribution in [0.25, 0.3) is 11.5 Å². The van der Waals surface area contributed by atoms with Crippen molar-refractivity contribution < 1.29 is 9.18 Å². The molecule has 0 radical (unpaired) electrons. The third kappa shape index (κ3) is 4.29. The summed E-state index contributed by atoms with van der Waals surface area (Å²) >= 11 is 0. The maximum Gasteiger partial charge on any atom is 0.239 e. The molecular weight excluding hydrogens is 321 g/mol. The Morgan fingerprint density at radius 2 is 2.08 bits per heavy atom. The Morgan fingerprint density at radius 1 is 1.28 bits per heavy atom. The van der Waals surface area contributed by atoms with E-state index in [4.69, 9.17) is 0 Å². The van der Waals surface area contributed by atoms with E-state index in [1.165, 1.54) is 18.3 Å². The third-order valence-corrected chi connectivity index (χ3v) is 3.82. The van der Waals surface area contributed by atoms with E-state index < -0.39 is 0 Å². The molecule has 0 bridgehead atoms. The molecule has 1 aliphatic rings. The van der Waals surface area contributed by atoms with Crippen LogP contribution in [0.15, 0.2) is 18.3 Å². The summed E-state index contributed by atoms with van der Waals surface area (Å²) in [6.45, 7) is 5.92. The monoisotopic (exact) mass is 343 g/mol. The Hall–Kier alpha value is -2.57. The van der Waals surface area contributed by atoms with Gasteiger partial charge in [0.15, 0.2) is 5.82 Å². The Morgan fingerprint density at radius 3 is 2.80 bits per heavy atom. The van der Waals surface area contributed by atoms with Crippen LogP contribution in [-0.4, -0.2) is 32.9 Å². The summed E-state index contributed by atoms with van der Waals surface area (Å²) in [6, 6.07) is 2.60. The number of rotatable bonds is 4. The average Bonchev–Trinajstić information content (AvgIpc) is 2.99. The molecule has 7 heteroatoms. The lowest BCUT2D eigenvalue weighted by Crippen LogP contribution is -2.43. The summed E-state index contributed by atoms with van der Waals surface area (Å²) in [7, 11) is 0. The molecule has 2 aromatic rings. The molecule has 0 aromatic carbocycles. The number of anilines is 1. The van der Waals surface area contributed by atoms with E-state index in [9.17, 15) is 9.18 Å². The van der Waals surface area contributed by atoms with Crippen molar-refractivity contribution in [3.8, 4) is 11.5 Å². The lowest BCUT2D eigenvalue weighted by molar-refractivity contribution is -0.120. The minimum atomic E-state index is -0.381. The summed E-state index contributed by atoms with van der Waals surface area (Å²) < 4.78 is 13.5. The molecule has 1 amide bonds. The fourth-order valence-corrected chi connectivity index (χ4v) is 2.85. The van der Waals surface area contributed by atoms with Crippen molar-refractivity contribution in [2.75, 3.05) is 11.9 Å². The second-order valence-corrected chi connectivity index (χ2v) is 7.19. The number of nitrogens with one attached hydrogen (secondary N) is 2. The molecule has 2 heterocycles. The molecule has 0 saturated heterocycles. The molecule has 0 spiro atoms. The Balaban J connectivity index is 1.85. The van der Waals surface area contributed by atoms with Gasteiger partial charge in [-0.05, 0) is 46.1 Å². The predicted octanol–water partition coefficient (Wildman–Crippen LogP) is 2.49. The number of halogens is 1. The highest BCUT2D eigenvalue weighted by atomic mass is 19.1. The van der Waals surface area contributed by atoms with Gasteiger partial charge in [-0.15, -0.1) is 0 Å². The normalized spacial score (nSPS) is 13.4. The van der Waals surface area contributed by atoms with Crippen LogP contribution >= 0.6 is 0 Å². The summed E-state index contributed by atoms with van der Waals surface area (Å²) in [5, 5.41) is 6.01. The molecule has 0 saturated carbocycles. The summed E-state index contributed by atoms with van der Waals surface area (Å²) in [5.74, 6) is 0.517. The number of pyridine rings is 1. The number of fused-ring (bicyclic) bond motifs is 1. The van der Waals surface area contributed by atoms with Gasteiger partial charge in [-0.2, -0.15) is 0 Å². The quantitative estimate of drug-likeness (QED) is 0.892. The van der Waals surface area contributed by atoms with Crippen LogP contribution in [0.1, 0.15) is 38.4 Å². The minimum Gasteiger partial charge on any atom is -0.361 e. The number of aryl methyl sites for hydroxylation is 1. The van der Waals surface area contributed by atoms with Crippen molar-refractivity contribution in [2.45, 2.75) is 45.6 Å². The van der Waals surface area contributed by atoms with E-state index in [1.54, 1.807) is 0 Å². The van der Waals surface area contributed by atoms with Crippen molar-refractivity contribution >= 4 is 11.7 Å². The van der Waals surface area contributed by atoms with Crippen LogP contribution in [0.3, 0.4) is 0 Å². The molecule has 2 aromatic heterocycles. The van der Waals surface area contributed by atoms with Gasteiger partial charge in [0.05, 0.1) is 6.54 Å². The number of amides is 1. The van der Waals surface area contributed by atoms with Gasteiger partial charge >= 0.3 is 0 Å². The largest absolute Gasteiger partial charge is 0.361 e. The first-order chi connectivity index (χ1) is 11.8. The molecular formula is C18H22FN5O. The van der Waals surface area contributed by atoms with E-state index in [0.29, 0.717) is 17.3 Å². The first-order valence-corrected chi connectivity index (χ1v) is 8.38. The number of nitrogens with zero attached hydrogens (tertiary/aromatic N) is 3. The Labute approximate surface area is 146 Å². The van der Waals surface area contributed by atoms with Crippen molar-refractivity contribution in [3.63, 3.8) is 0 Å². The summed E-state index contributed by atoms with van der Waals surface area (Å²) in [4.78, 5) is 25.2. The van der Waals surface area contributed by atoms with Crippen LogP contribution in [0.4, 0.5) is 10.2 Å². The number of hydrogen-bond acceptors (Lipinski definition) is 5. The highest BCUT2D eigenvalue weighted by Gasteiger charge is 2.21. The lowest BCUT2D eigenvalue weighted by atomic mass is 10.1. The number of carbonyl (C=O) groups excluding carboxylic acids is 1. The zero-order valence-corrected chi connectivity index (χ0v) is 14.7. The third-order valence-electron chi connectivity index (χ3n) is 3.82. The van der Waals surface area contributed by atoms with Gasteiger partial charge in [-0.3, -0.25) is 9.78 Å². The molecule has 1 aliphatic carbocycles. The van der Waals surface area contributed by atoms with Crippen molar-refractivity contribution in [1.82, 2.24) is 20.3 Å². The lowest BCUT2D eigenvalue weighted by Gasteiger charge is -2.21. The van der Waals surface area contributed by atoms with E-state index in [2.05, 4.69) is 25.6 Å². The minimum absolute atomic E-state index is 0.108. The van der Waals surface area contributed by atoms with Crippen LogP contribution < -0.4 is 10.6 Å². The zero-order valence-electron chi connectivity index (χ0n) is 14.7. The molecule has 0 unspecified atom stereocenters. The molecule has 132 valence electrons. The van der Waals surface area contributed by atoms with Gasteiger partial charge in [0.1, 0.15) is 17.3 Å². The van der Waals surface area contributed by atoms with Crippen molar-refractivity contribution in [3.05, 3.63) is 35.4 Å². The fourth-order valence-electron chi connectivity index (χ4n) is 2.85. The first-order valence-electron chi connectivity index (χ1n) is 8.38. The van der Waals surface area contributed by atoms with Crippen LogP contribution in [0, 0.1) is 5.82 Å². The molecule has 6 nitrogen and oxygen atoms in total. The zero-order chi connectivity index (χ0) is 18.0. The summed E-state index contributed by atoms with van der Waals surface area (Å²) in [5.41, 5.74) is 2.07. The van der Waals surface area contributed by atoms with Gasteiger partial charge < -0.3 is 10.6 Å². The van der Waals surface area contributed by atoms with Crippen LogP contribution in [0.2, 0.25) is 0 Å². The Kier molecular flexibility index (Phi) is 4.65. The van der Waals surface area contributed by atoms with Gasteiger partial charge in [-0.1, -0.05) is 0 Å². The average molecular weight is 343 g/mol. The first kappa shape index (κ1) is 17.3. The topological polar surface area (TPSA) is 79.8 Å². The second-order valence-electron chi connectivity index (χ2n) is 7.19. The van der Waals surface area contributed by atoms with Gasteiger partial charge in [0, 0.05) is 29.1 Å². The molecule has 2 N–H and O–H groups in total. The SMILES string of the molecule is CC(C)(C)NC(=O)CNc1nc(-c2cc(F)ccn2)nc2c1CCC2. The fraction of sp³-hybridized carbons (Fsp3) is 0.444. The maximum absolute atomic E-state index is 13.5. The summed E-state index contributed by atoms with van der Waals surface area (Å²) in [6.07, 6.45) is 4.11.